The van der Waals surface area contributed by atoms with Gasteiger partial charge in [-0.3, -0.25) is 0 Å². The van der Waals surface area contributed by atoms with Crippen molar-refractivity contribution >= 4 is 0 Å². The number of hydrogen-bond acceptors (Lipinski definition) is 23. The summed E-state index contributed by atoms with van der Waals surface area (Å²) < 4.78 is 48.5. The van der Waals surface area contributed by atoms with Crippen molar-refractivity contribution in [1.29, 1.82) is 0 Å². The lowest BCUT2D eigenvalue weighted by Gasteiger charge is -2.69. The van der Waals surface area contributed by atoms with E-state index in [4.69, 9.17) is 37.9 Å². The van der Waals surface area contributed by atoms with Gasteiger partial charge in [-0.05, 0) is 94.3 Å². The van der Waals surface area contributed by atoms with Crippen molar-refractivity contribution in [3.8, 4) is 0 Å². The highest BCUT2D eigenvalue weighted by Crippen LogP contribution is 2.75. The maximum atomic E-state index is 12.8. The third-order valence-corrected chi connectivity index (χ3v) is 19.9. The molecule has 4 heterocycles. The number of allylic oxidation sites excluding steroid dienone is 2. The summed E-state index contributed by atoms with van der Waals surface area (Å²) >= 11 is 0. The van der Waals surface area contributed by atoms with E-state index in [1.54, 1.807) is 0 Å². The molecule has 0 amide bonds. The van der Waals surface area contributed by atoms with E-state index in [0.29, 0.717) is 44.9 Å². The van der Waals surface area contributed by atoms with Gasteiger partial charge in [0, 0.05) is 10.8 Å². The number of fused-ring (bicyclic) bond motifs is 5. The molecule has 0 spiro atoms. The van der Waals surface area contributed by atoms with E-state index >= 15 is 0 Å². The fourth-order valence-corrected chi connectivity index (χ4v) is 15.2. The van der Waals surface area contributed by atoms with Crippen molar-refractivity contribution in [3.05, 3.63) is 23.3 Å². The molecule has 23 heteroatoms. The van der Waals surface area contributed by atoms with Crippen LogP contribution < -0.4 is 0 Å². The van der Waals surface area contributed by atoms with Crippen LogP contribution in [0.2, 0.25) is 0 Å². The highest BCUT2D eigenvalue weighted by Gasteiger charge is 2.73. The van der Waals surface area contributed by atoms with E-state index in [2.05, 4.69) is 26.8 Å². The SMILES string of the molecule is CC(C)=CCC[C@](C)(O[C@@H]1O[C@H](CO[C@@H]2OC[C@@H](O)[C@H](O)[C@H]2O)[C@@H](O)[C@H](O)[C@H]1O)[C@H]1CC[C@]2(C)C1[C@H](O)C[C@H]1[C@@]2(C)[C@@H](O)C=C2C(C)(C)[C@@H](O[C@@H]3O[C@H](CO)[C@@H](O)[C@H](O)[C@H]3O[C@@H]3O[C@H](CO)[C@@H](O)[C@H](O)[C@H]3O)CC[C@@]21C. The van der Waals surface area contributed by atoms with Crippen LogP contribution in [0.5, 0.6) is 0 Å². The molecule has 15 N–H and O–H groups in total. The number of rotatable bonds is 15. The van der Waals surface area contributed by atoms with Crippen molar-refractivity contribution in [2.24, 2.45) is 39.4 Å². The van der Waals surface area contributed by atoms with Crippen LogP contribution in [0.15, 0.2) is 23.3 Å². The van der Waals surface area contributed by atoms with E-state index in [0.717, 1.165) is 11.1 Å². The van der Waals surface area contributed by atoms with Crippen molar-refractivity contribution in [2.45, 2.75) is 241 Å². The van der Waals surface area contributed by atoms with Gasteiger partial charge in [0.2, 0.25) is 0 Å². The van der Waals surface area contributed by atoms with Crippen LogP contribution >= 0.6 is 0 Å². The molecule has 4 saturated heterocycles. The molecule has 1 unspecified atom stereocenters. The van der Waals surface area contributed by atoms with Crippen LogP contribution in [0, 0.1) is 39.4 Å². The zero-order valence-electron chi connectivity index (χ0n) is 44.8. The summed E-state index contributed by atoms with van der Waals surface area (Å²) in [5, 5.41) is 164. The predicted octanol–water partition coefficient (Wildman–Crippen LogP) is -2.67. The minimum atomic E-state index is -1.85. The summed E-state index contributed by atoms with van der Waals surface area (Å²) in [6, 6.07) is 0. The Bertz CT molecular complexity index is 2040. The zero-order valence-corrected chi connectivity index (χ0v) is 44.8. The molecular formula is C53H88O23. The monoisotopic (exact) mass is 1090 g/mol. The first kappa shape index (κ1) is 60.7. The normalized spacial score (nSPS) is 52.1. The molecule has 76 heavy (non-hydrogen) atoms. The Morgan fingerprint density at radius 1 is 0.658 bits per heavy atom. The van der Waals surface area contributed by atoms with Gasteiger partial charge < -0.3 is 114 Å². The molecule has 0 radical (unpaired) electrons. The van der Waals surface area contributed by atoms with E-state index in [-0.39, 0.29) is 18.4 Å². The Labute approximate surface area is 443 Å². The zero-order chi connectivity index (χ0) is 55.9. The molecule has 4 aliphatic carbocycles. The Morgan fingerprint density at radius 2 is 1.24 bits per heavy atom. The second-order valence-corrected chi connectivity index (χ2v) is 24.9. The number of hydrogen-bond donors (Lipinski definition) is 15. The molecule has 0 aromatic rings. The average Bonchev–Trinajstić information content (AvgIpc) is 3.85. The van der Waals surface area contributed by atoms with Crippen LogP contribution in [-0.2, 0) is 37.9 Å². The van der Waals surface area contributed by atoms with Crippen molar-refractivity contribution < 1.29 is 114 Å². The molecule has 0 bridgehead atoms. The molecule has 438 valence electrons. The smallest absolute Gasteiger partial charge is 0.187 e. The lowest BCUT2D eigenvalue weighted by atomic mass is 9.37. The molecule has 29 atom stereocenters. The van der Waals surface area contributed by atoms with Gasteiger partial charge in [0.05, 0.1) is 50.3 Å². The largest absolute Gasteiger partial charge is 0.394 e. The van der Waals surface area contributed by atoms with E-state index in [9.17, 15) is 76.6 Å². The van der Waals surface area contributed by atoms with E-state index < -0.39 is 188 Å². The Hall–Kier alpha value is -1.44. The lowest BCUT2D eigenvalue weighted by Crippen LogP contribution is -2.68. The summed E-state index contributed by atoms with van der Waals surface area (Å²) in [5.41, 5.74) is -2.28. The van der Waals surface area contributed by atoms with Crippen LogP contribution in [0.4, 0.5) is 0 Å². The molecular weight excluding hydrogens is 1000 g/mol. The summed E-state index contributed by atoms with van der Waals surface area (Å²) in [6.07, 6.45) is -25.6. The fourth-order valence-electron chi connectivity index (χ4n) is 15.2. The lowest BCUT2D eigenvalue weighted by molar-refractivity contribution is -0.375. The summed E-state index contributed by atoms with van der Waals surface area (Å²) in [6.45, 7) is 13.9. The van der Waals surface area contributed by atoms with E-state index in [1.807, 2.05) is 40.7 Å². The Morgan fingerprint density at radius 3 is 1.87 bits per heavy atom. The van der Waals surface area contributed by atoms with Crippen LogP contribution in [0.25, 0.3) is 0 Å². The molecule has 4 aliphatic heterocycles. The quantitative estimate of drug-likeness (QED) is 0.0744. The first-order chi connectivity index (χ1) is 35.5. The van der Waals surface area contributed by atoms with E-state index in [1.165, 1.54) is 0 Å². The van der Waals surface area contributed by atoms with Gasteiger partial charge >= 0.3 is 0 Å². The fraction of sp³-hybridized carbons (Fsp3) is 0.925. The number of ether oxygens (including phenoxy) is 8. The molecule has 8 aliphatic rings. The summed E-state index contributed by atoms with van der Waals surface area (Å²) in [4.78, 5) is 0. The molecule has 23 nitrogen and oxygen atoms in total. The topological polar surface area (TPSA) is 377 Å². The summed E-state index contributed by atoms with van der Waals surface area (Å²) in [5.74, 6) is -1.14. The maximum absolute atomic E-state index is 12.8. The molecule has 0 aromatic carbocycles. The van der Waals surface area contributed by atoms with Crippen molar-refractivity contribution in [3.63, 3.8) is 0 Å². The minimum absolute atomic E-state index is 0.288. The van der Waals surface area contributed by atoms with Gasteiger partial charge in [0.25, 0.3) is 0 Å². The van der Waals surface area contributed by atoms with Crippen molar-refractivity contribution in [2.75, 3.05) is 26.4 Å². The third kappa shape index (κ3) is 10.3. The highest BCUT2D eigenvalue weighted by molar-refractivity contribution is 5.36. The number of aliphatic hydroxyl groups is 15. The van der Waals surface area contributed by atoms with Crippen molar-refractivity contribution in [1.82, 2.24) is 0 Å². The van der Waals surface area contributed by atoms with Gasteiger partial charge in [-0.15, -0.1) is 0 Å². The molecule has 8 rings (SSSR count). The first-order valence-corrected chi connectivity index (χ1v) is 27.1. The van der Waals surface area contributed by atoms with Gasteiger partial charge in [0.1, 0.15) is 91.6 Å². The minimum Gasteiger partial charge on any atom is -0.394 e. The van der Waals surface area contributed by atoms with Crippen LogP contribution in [0.1, 0.15) is 100 Å². The molecule has 3 saturated carbocycles. The molecule has 0 aromatic heterocycles. The average molecular weight is 1090 g/mol. The number of aliphatic hydroxyl groups excluding tert-OH is 15. The van der Waals surface area contributed by atoms with Gasteiger partial charge in [-0.25, -0.2) is 0 Å². The molecule has 7 fully saturated rings. The van der Waals surface area contributed by atoms with Gasteiger partial charge in [-0.1, -0.05) is 57.9 Å². The second-order valence-electron chi connectivity index (χ2n) is 24.9. The standard InChI is InChI=1S/C53H88O23/c1-22(2)10-9-13-52(7,76-47-43(68)39(64)37(62)28(73-47)21-70-45-41(66)34(59)25(57)20-69-45)23-11-15-51(6)33(23)24(56)16-30-50(5)14-12-32(49(3,4)29(50)17-31(58)53(30,51)8)74-48-44(40(65)36(61)27(19-55)72-48)75-46-42(67)38(63)35(60)26(18-54)71-46/h10,17,23-28,30-48,54-68H,9,11-16,18-21H2,1-8H3/t23-,24+,25+,26+,27+,28+,30+,31-,32-,33?,34-,35+,36+,37+,38-,39-,40-,41+,42+,43+,44+,45-,46-,47-,48-,50-,51+,52-,53-/m0/s1. The van der Waals surface area contributed by atoms with Crippen LogP contribution in [-0.4, -0.2) is 244 Å². The predicted molar refractivity (Wildman–Crippen MR) is 262 cm³/mol. The Balaban J connectivity index is 1.05. The Kier molecular flexibility index (Phi) is 18.1. The first-order valence-electron chi connectivity index (χ1n) is 27.1. The second kappa shape index (κ2) is 22.7. The van der Waals surface area contributed by atoms with Gasteiger partial charge in [-0.2, -0.15) is 0 Å². The summed E-state index contributed by atoms with van der Waals surface area (Å²) in [7, 11) is 0. The third-order valence-electron chi connectivity index (χ3n) is 19.9. The van der Waals surface area contributed by atoms with Crippen LogP contribution in [0.3, 0.4) is 0 Å². The highest BCUT2D eigenvalue weighted by atomic mass is 16.8. The maximum Gasteiger partial charge on any atom is 0.187 e. The van der Waals surface area contributed by atoms with Gasteiger partial charge in [0.15, 0.2) is 25.2 Å².